The number of hydrogen-bond acceptors (Lipinski definition) is 3. The highest BCUT2D eigenvalue weighted by atomic mass is 32.2. The summed E-state index contributed by atoms with van der Waals surface area (Å²) in [7, 11) is 0. The van der Waals surface area contributed by atoms with Crippen LogP contribution < -0.4 is 10.5 Å². The van der Waals surface area contributed by atoms with E-state index in [0.717, 1.165) is 0 Å². The summed E-state index contributed by atoms with van der Waals surface area (Å²) in [6, 6.07) is 8.98. The molecule has 3 heteroatoms. The maximum Gasteiger partial charge on any atom is 0.0218 e. The van der Waals surface area contributed by atoms with E-state index in [2.05, 4.69) is 50.4 Å². The topological polar surface area (TPSA) is 38.0 Å². The van der Waals surface area contributed by atoms with Crippen molar-refractivity contribution in [3.63, 3.8) is 0 Å². The van der Waals surface area contributed by atoms with Crippen molar-refractivity contribution in [2.24, 2.45) is 10.6 Å². The SMILES string of the molecule is CC(C)(C)SN.c1ccc2c(c1)CC1(CCNCC1)C2. The summed E-state index contributed by atoms with van der Waals surface area (Å²) in [5, 5.41) is 8.68. The van der Waals surface area contributed by atoms with E-state index >= 15 is 0 Å². The first kappa shape index (κ1) is 15.9. The minimum Gasteiger partial charge on any atom is -0.317 e. The molecule has 0 amide bonds. The summed E-state index contributed by atoms with van der Waals surface area (Å²) in [6.07, 6.45) is 5.37. The van der Waals surface area contributed by atoms with Gasteiger partial charge in [0.1, 0.15) is 0 Å². The lowest BCUT2D eigenvalue weighted by Crippen LogP contribution is -2.37. The van der Waals surface area contributed by atoms with Gasteiger partial charge in [0.25, 0.3) is 0 Å². The summed E-state index contributed by atoms with van der Waals surface area (Å²) < 4.78 is 0.236. The van der Waals surface area contributed by atoms with Crippen molar-refractivity contribution < 1.29 is 0 Å². The molecule has 1 spiro atoms. The smallest absolute Gasteiger partial charge is 0.0218 e. The molecular weight excluding hydrogens is 264 g/mol. The maximum atomic E-state index is 5.22. The van der Waals surface area contributed by atoms with Crippen LogP contribution in [0, 0.1) is 5.41 Å². The van der Waals surface area contributed by atoms with Gasteiger partial charge in [0.05, 0.1) is 0 Å². The van der Waals surface area contributed by atoms with Crippen LogP contribution in [0.5, 0.6) is 0 Å². The highest BCUT2D eigenvalue weighted by Crippen LogP contribution is 2.42. The van der Waals surface area contributed by atoms with Crippen LogP contribution >= 0.6 is 11.9 Å². The summed E-state index contributed by atoms with van der Waals surface area (Å²) >= 11 is 1.38. The Morgan fingerprint density at radius 3 is 1.90 bits per heavy atom. The molecule has 3 rings (SSSR count). The first-order chi connectivity index (χ1) is 9.44. The first-order valence-electron chi connectivity index (χ1n) is 7.60. The van der Waals surface area contributed by atoms with Crippen molar-refractivity contribution in [2.75, 3.05) is 13.1 Å². The number of fused-ring (bicyclic) bond motifs is 1. The molecule has 1 aliphatic carbocycles. The van der Waals surface area contributed by atoms with Crippen molar-refractivity contribution in [1.82, 2.24) is 5.32 Å². The number of nitrogens with two attached hydrogens (primary N) is 1. The zero-order chi connectivity index (χ0) is 14.6. The highest BCUT2D eigenvalue weighted by molar-refractivity contribution is 7.98. The summed E-state index contributed by atoms with van der Waals surface area (Å²) in [5.41, 5.74) is 3.83. The number of benzene rings is 1. The molecule has 2 nitrogen and oxygen atoms in total. The van der Waals surface area contributed by atoms with E-state index in [0.29, 0.717) is 5.41 Å². The Kier molecular flexibility index (Phi) is 5.16. The standard InChI is InChI=1S/C13H17N.C4H11NS/c1-2-4-12-10-13(9-11(12)3-1)5-7-14-8-6-13;1-4(2,3)6-5/h1-4,14H,5-10H2;5H2,1-3H3. The third kappa shape index (κ3) is 4.24. The molecule has 20 heavy (non-hydrogen) atoms. The van der Waals surface area contributed by atoms with Crippen LogP contribution in [0.4, 0.5) is 0 Å². The van der Waals surface area contributed by atoms with Gasteiger partial charge in [-0.05, 0) is 76.1 Å². The summed E-state index contributed by atoms with van der Waals surface area (Å²) in [6.45, 7) is 8.68. The second kappa shape index (κ2) is 6.50. The second-order valence-corrected chi connectivity index (χ2v) is 8.56. The molecule has 1 aliphatic heterocycles. The van der Waals surface area contributed by atoms with E-state index in [9.17, 15) is 0 Å². The fourth-order valence-corrected chi connectivity index (χ4v) is 3.08. The number of nitrogens with one attached hydrogen (secondary N) is 1. The van der Waals surface area contributed by atoms with Crippen LogP contribution in [0.25, 0.3) is 0 Å². The van der Waals surface area contributed by atoms with Gasteiger partial charge < -0.3 is 5.32 Å². The van der Waals surface area contributed by atoms with Crippen molar-refractivity contribution >= 4 is 11.9 Å². The van der Waals surface area contributed by atoms with Gasteiger partial charge in [-0.25, -0.2) is 0 Å². The van der Waals surface area contributed by atoms with Crippen LogP contribution in [0.3, 0.4) is 0 Å². The molecule has 1 aromatic rings. The Morgan fingerprint density at radius 2 is 1.50 bits per heavy atom. The lowest BCUT2D eigenvalue weighted by Gasteiger charge is -2.33. The fraction of sp³-hybridized carbons (Fsp3) is 0.647. The Balaban J connectivity index is 0.000000212. The zero-order valence-corrected chi connectivity index (χ0v) is 13.9. The van der Waals surface area contributed by atoms with Gasteiger partial charge in [0.2, 0.25) is 0 Å². The van der Waals surface area contributed by atoms with E-state index < -0.39 is 0 Å². The van der Waals surface area contributed by atoms with Gasteiger partial charge >= 0.3 is 0 Å². The van der Waals surface area contributed by atoms with Gasteiger partial charge in [-0.1, -0.05) is 36.2 Å². The quantitative estimate of drug-likeness (QED) is 0.718. The lowest BCUT2D eigenvalue weighted by atomic mass is 9.76. The third-order valence-electron chi connectivity index (χ3n) is 4.27. The number of piperidine rings is 1. The van der Waals surface area contributed by atoms with Crippen molar-refractivity contribution in [3.8, 4) is 0 Å². The average molecular weight is 292 g/mol. The molecule has 2 aliphatic rings. The molecule has 112 valence electrons. The Morgan fingerprint density at radius 1 is 1.05 bits per heavy atom. The molecule has 1 aromatic carbocycles. The Labute approximate surface area is 128 Å². The van der Waals surface area contributed by atoms with Gasteiger partial charge in [0, 0.05) is 4.75 Å². The maximum absolute atomic E-state index is 5.22. The monoisotopic (exact) mass is 292 g/mol. The largest absolute Gasteiger partial charge is 0.317 e. The predicted molar refractivity (Wildman–Crippen MR) is 89.9 cm³/mol. The van der Waals surface area contributed by atoms with Crippen LogP contribution in [-0.4, -0.2) is 17.8 Å². The molecule has 0 saturated carbocycles. The van der Waals surface area contributed by atoms with Crippen LogP contribution in [-0.2, 0) is 12.8 Å². The molecule has 3 N–H and O–H groups in total. The number of hydrogen-bond donors (Lipinski definition) is 2. The van der Waals surface area contributed by atoms with Crippen LogP contribution in [0.1, 0.15) is 44.7 Å². The molecule has 1 fully saturated rings. The van der Waals surface area contributed by atoms with Crippen molar-refractivity contribution in [3.05, 3.63) is 35.4 Å². The molecule has 0 aromatic heterocycles. The predicted octanol–water partition coefficient (Wildman–Crippen LogP) is 3.55. The van der Waals surface area contributed by atoms with Gasteiger partial charge in [-0.3, -0.25) is 5.14 Å². The fourth-order valence-electron chi connectivity index (χ4n) is 3.08. The highest BCUT2D eigenvalue weighted by Gasteiger charge is 2.37. The third-order valence-corrected chi connectivity index (χ3v) is 4.97. The molecule has 0 atom stereocenters. The first-order valence-corrected chi connectivity index (χ1v) is 8.48. The van der Waals surface area contributed by atoms with Crippen LogP contribution in [0.2, 0.25) is 0 Å². The Bertz CT molecular complexity index is 404. The minimum absolute atomic E-state index is 0.236. The van der Waals surface area contributed by atoms with Crippen molar-refractivity contribution in [1.29, 1.82) is 0 Å². The van der Waals surface area contributed by atoms with Gasteiger partial charge in [-0.2, -0.15) is 0 Å². The molecule has 1 heterocycles. The number of rotatable bonds is 0. The molecule has 0 unspecified atom stereocenters. The minimum atomic E-state index is 0.236. The second-order valence-electron chi connectivity index (χ2n) is 7.10. The normalized spacial score (nSPS) is 20.2. The summed E-state index contributed by atoms with van der Waals surface area (Å²) in [4.78, 5) is 0. The van der Waals surface area contributed by atoms with Crippen molar-refractivity contribution in [2.45, 2.75) is 51.2 Å². The lowest BCUT2D eigenvalue weighted by molar-refractivity contribution is 0.216. The average Bonchev–Trinajstić information content (AvgIpc) is 2.76. The van der Waals surface area contributed by atoms with E-state index in [1.165, 1.54) is 50.7 Å². The zero-order valence-electron chi connectivity index (χ0n) is 13.0. The molecule has 0 radical (unpaired) electrons. The van der Waals surface area contributed by atoms with Gasteiger partial charge in [0.15, 0.2) is 0 Å². The molecule has 0 bridgehead atoms. The van der Waals surface area contributed by atoms with Gasteiger partial charge in [-0.15, -0.1) is 0 Å². The van der Waals surface area contributed by atoms with Crippen LogP contribution in [0.15, 0.2) is 24.3 Å². The Hall–Kier alpha value is -0.510. The molecule has 1 saturated heterocycles. The van der Waals surface area contributed by atoms with E-state index in [1.54, 1.807) is 11.1 Å². The molecular formula is C17H28N2S. The summed E-state index contributed by atoms with van der Waals surface area (Å²) in [5.74, 6) is 0. The van der Waals surface area contributed by atoms with E-state index in [4.69, 9.17) is 5.14 Å². The van der Waals surface area contributed by atoms with E-state index in [1.807, 2.05) is 0 Å². The van der Waals surface area contributed by atoms with E-state index in [-0.39, 0.29) is 4.75 Å².